The topological polar surface area (TPSA) is 33.0 Å². The zero-order valence-corrected chi connectivity index (χ0v) is 10.6. The van der Waals surface area contributed by atoms with Crippen LogP contribution in [0.5, 0.6) is 5.75 Å². The quantitative estimate of drug-likeness (QED) is 0.858. The van der Waals surface area contributed by atoms with Crippen LogP contribution in [0.25, 0.3) is 0 Å². The van der Waals surface area contributed by atoms with E-state index in [2.05, 4.69) is 22.0 Å². The molecule has 17 heavy (non-hydrogen) atoms. The van der Waals surface area contributed by atoms with Gasteiger partial charge in [0.2, 0.25) is 0 Å². The molecule has 3 heteroatoms. The third kappa shape index (κ3) is 3.08. The summed E-state index contributed by atoms with van der Waals surface area (Å²) in [5.41, 5.74) is 1.63. The molecule has 0 spiro atoms. The highest BCUT2D eigenvalue weighted by molar-refractivity contribution is 9.10. The van der Waals surface area contributed by atoms with Gasteiger partial charge in [0, 0.05) is 4.47 Å². The highest BCUT2D eigenvalue weighted by atomic mass is 79.9. The van der Waals surface area contributed by atoms with E-state index in [1.807, 2.05) is 36.4 Å². The predicted molar refractivity (Wildman–Crippen MR) is 69.6 cm³/mol. The van der Waals surface area contributed by atoms with Gasteiger partial charge in [0.25, 0.3) is 0 Å². The van der Waals surface area contributed by atoms with Crippen molar-refractivity contribution >= 4 is 15.9 Å². The van der Waals surface area contributed by atoms with E-state index < -0.39 is 0 Å². The molecule has 0 saturated carbocycles. The van der Waals surface area contributed by atoms with Crippen molar-refractivity contribution in [3.63, 3.8) is 0 Å². The lowest BCUT2D eigenvalue weighted by Gasteiger charge is -2.07. The Morgan fingerprint density at radius 3 is 2.47 bits per heavy atom. The van der Waals surface area contributed by atoms with Crippen LogP contribution in [0.15, 0.2) is 53.0 Å². The predicted octanol–water partition coefficient (Wildman–Crippen LogP) is 3.90. The van der Waals surface area contributed by atoms with Gasteiger partial charge in [-0.25, -0.2) is 0 Å². The van der Waals surface area contributed by atoms with E-state index in [1.165, 1.54) is 0 Å². The fraction of sp³-hybridized carbons (Fsp3) is 0.0714. The third-order valence-corrected chi connectivity index (χ3v) is 2.84. The molecule has 0 heterocycles. The smallest absolute Gasteiger partial charge is 0.137 e. The molecule has 0 bridgehead atoms. The monoisotopic (exact) mass is 287 g/mol. The van der Waals surface area contributed by atoms with Gasteiger partial charge in [-0.1, -0.05) is 40.2 Å². The molecule has 0 aliphatic carbocycles. The summed E-state index contributed by atoms with van der Waals surface area (Å²) >= 11 is 3.38. The van der Waals surface area contributed by atoms with E-state index in [9.17, 15) is 0 Å². The molecule has 0 amide bonds. The Bertz CT molecular complexity index is 543. The Kier molecular flexibility index (Phi) is 3.79. The Labute approximate surface area is 109 Å². The fourth-order valence-corrected chi connectivity index (χ4v) is 1.69. The molecular weight excluding hydrogens is 278 g/mol. The Balaban J connectivity index is 2.08. The van der Waals surface area contributed by atoms with Gasteiger partial charge in [0.15, 0.2) is 0 Å². The van der Waals surface area contributed by atoms with Crippen molar-refractivity contribution in [2.75, 3.05) is 0 Å². The molecule has 2 aromatic rings. The second-order valence-electron chi connectivity index (χ2n) is 3.52. The van der Waals surface area contributed by atoms with E-state index in [4.69, 9.17) is 10.00 Å². The molecule has 0 atom stereocenters. The maximum Gasteiger partial charge on any atom is 0.137 e. The molecule has 0 aliphatic heterocycles. The number of hydrogen-bond donors (Lipinski definition) is 0. The molecule has 0 unspecified atom stereocenters. The lowest BCUT2D eigenvalue weighted by molar-refractivity contribution is 0.305. The van der Waals surface area contributed by atoms with Crippen LogP contribution < -0.4 is 4.74 Å². The number of benzene rings is 2. The van der Waals surface area contributed by atoms with Crippen LogP contribution in [-0.2, 0) is 6.61 Å². The minimum absolute atomic E-state index is 0.464. The number of nitrogens with zero attached hydrogens (tertiary/aromatic N) is 1. The molecule has 0 radical (unpaired) electrons. The summed E-state index contributed by atoms with van der Waals surface area (Å²) in [6.45, 7) is 0.464. The minimum Gasteiger partial charge on any atom is -0.488 e. The third-order valence-electron chi connectivity index (χ3n) is 2.32. The summed E-state index contributed by atoms with van der Waals surface area (Å²) in [5.74, 6) is 0.623. The largest absolute Gasteiger partial charge is 0.488 e. The second-order valence-corrected chi connectivity index (χ2v) is 4.44. The van der Waals surface area contributed by atoms with Gasteiger partial charge in [-0.15, -0.1) is 0 Å². The highest BCUT2D eigenvalue weighted by Crippen LogP contribution is 2.18. The summed E-state index contributed by atoms with van der Waals surface area (Å²) in [6.07, 6.45) is 0. The molecular formula is C14H10BrNO. The minimum atomic E-state index is 0.464. The summed E-state index contributed by atoms with van der Waals surface area (Å²) in [7, 11) is 0. The maximum atomic E-state index is 8.92. The van der Waals surface area contributed by atoms with E-state index in [-0.39, 0.29) is 0 Å². The van der Waals surface area contributed by atoms with Crippen molar-refractivity contribution in [1.29, 1.82) is 5.26 Å². The van der Waals surface area contributed by atoms with Crippen LogP contribution >= 0.6 is 15.9 Å². The lowest BCUT2D eigenvalue weighted by Crippen LogP contribution is -1.96. The number of hydrogen-bond acceptors (Lipinski definition) is 2. The Morgan fingerprint density at radius 1 is 1.06 bits per heavy atom. The van der Waals surface area contributed by atoms with E-state index in [0.29, 0.717) is 17.9 Å². The molecule has 2 rings (SSSR count). The zero-order chi connectivity index (χ0) is 12.1. The van der Waals surface area contributed by atoms with Crippen LogP contribution in [0.3, 0.4) is 0 Å². The van der Waals surface area contributed by atoms with E-state index >= 15 is 0 Å². The van der Waals surface area contributed by atoms with E-state index in [1.54, 1.807) is 12.1 Å². The highest BCUT2D eigenvalue weighted by Gasteiger charge is 2.01. The average Bonchev–Trinajstić information content (AvgIpc) is 2.38. The maximum absolute atomic E-state index is 8.92. The summed E-state index contributed by atoms with van der Waals surface area (Å²) in [6, 6.07) is 17.2. The Morgan fingerprint density at radius 2 is 1.76 bits per heavy atom. The summed E-state index contributed by atoms with van der Waals surface area (Å²) < 4.78 is 6.66. The molecule has 2 aromatic carbocycles. The van der Waals surface area contributed by atoms with Gasteiger partial charge in [-0.3, -0.25) is 0 Å². The number of nitriles is 1. The van der Waals surface area contributed by atoms with Crippen LogP contribution in [0, 0.1) is 11.3 Å². The number of para-hydroxylation sites is 1. The fourth-order valence-electron chi connectivity index (χ4n) is 1.43. The van der Waals surface area contributed by atoms with Crippen LogP contribution in [0.2, 0.25) is 0 Å². The molecule has 84 valence electrons. The van der Waals surface area contributed by atoms with Gasteiger partial charge in [-0.05, 0) is 29.8 Å². The van der Waals surface area contributed by atoms with Crippen LogP contribution in [-0.4, -0.2) is 0 Å². The van der Waals surface area contributed by atoms with Crippen molar-refractivity contribution in [3.05, 3.63) is 64.1 Å². The van der Waals surface area contributed by atoms with E-state index in [0.717, 1.165) is 10.0 Å². The normalized spacial score (nSPS) is 9.65. The van der Waals surface area contributed by atoms with Gasteiger partial charge in [-0.2, -0.15) is 5.26 Å². The van der Waals surface area contributed by atoms with Crippen LogP contribution in [0.4, 0.5) is 0 Å². The van der Waals surface area contributed by atoms with Crippen molar-refractivity contribution in [2.24, 2.45) is 0 Å². The number of halogens is 1. The molecule has 0 fully saturated rings. The zero-order valence-electron chi connectivity index (χ0n) is 9.06. The average molecular weight is 288 g/mol. The van der Waals surface area contributed by atoms with Crippen molar-refractivity contribution in [3.8, 4) is 11.8 Å². The van der Waals surface area contributed by atoms with Crippen molar-refractivity contribution in [2.45, 2.75) is 6.61 Å². The standard InChI is InChI=1S/C14H10BrNO/c15-13-7-5-11(6-8-13)10-17-14-4-2-1-3-12(14)9-16/h1-8H,10H2. The molecule has 2 nitrogen and oxygen atoms in total. The Hall–Kier alpha value is -1.79. The first kappa shape index (κ1) is 11.7. The second kappa shape index (κ2) is 5.51. The van der Waals surface area contributed by atoms with Crippen molar-refractivity contribution < 1.29 is 4.74 Å². The van der Waals surface area contributed by atoms with Gasteiger partial charge < -0.3 is 4.74 Å². The first-order chi connectivity index (χ1) is 8.29. The first-order valence-corrected chi connectivity index (χ1v) is 5.95. The summed E-state index contributed by atoms with van der Waals surface area (Å²) in [4.78, 5) is 0. The number of ether oxygens (including phenoxy) is 1. The molecule has 0 N–H and O–H groups in total. The molecule has 0 aliphatic rings. The SMILES string of the molecule is N#Cc1ccccc1OCc1ccc(Br)cc1. The van der Waals surface area contributed by atoms with Crippen LogP contribution in [0.1, 0.15) is 11.1 Å². The lowest BCUT2D eigenvalue weighted by atomic mass is 10.2. The van der Waals surface area contributed by atoms with Gasteiger partial charge >= 0.3 is 0 Å². The first-order valence-electron chi connectivity index (χ1n) is 5.16. The van der Waals surface area contributed by atoms with Crippen molar-refractivity contribution in [1.82, 2.24) is 0 Å². The molecule has 0 saturated heterocycles. The van der Waals surface area contributed by atoms with Gasteiger partial charge in [0.1, 0.15) is 18.4 Å². The summed E-state index contributed by atoms with van der Waals surface area (Å²) in [5, 5.41) is 8.92. The molecule has 0 aromatic heterocycles. The van der Waals surface area contributed by atoms with Gasteiger partial charge in [0.05, 0.1) is 5.56 Å². The number of rotatable bonds is 3.